The van der Waals surface area contributed by atoms with Crippen molar-refractivity contribution in [3.63, 3.8) is 0 Å². The van der Waals surface area contributed by atoms with E-state index in [1.54, 1.807) is 0 Å². The fourth-order valence-corrected chi connectivity index (χ4v) is 13.5. The molecule has 2 amide bonds. The van der Waals surface area contributed by atoms with Gasteiger partial charge in [0.25, 0.3) is 31.4 Å². The lowest BCUT2D eigenvalue weighted by molar-refractivity contribution is -0.385. The van der Waals surface area contributed by atoms with Gasteiger partial charge in [-0.15, -0.1) is 0 Å². The van der Waals surface area contributed by atoms with Crippen LogP contribution in [0.1, 0.15) is 188 Å². The first-order valence-electron chi connectivity index (χ1n) is 33.1. The minimum absolute atomic E-state index is 0.132. The maximum Gasteiger partial charge on any atom is 0.269 e. The summed E-state index contributed by atoms with van der Waals surface area (Å²) in [4.78, 5) is 47.3. The van der Waals surface area contributed by atoms with Crippen molar-refractivity contribution in [2.75, 3.05) is 66.1 Å². The Morgan fingerprint density at radius 2 is 0.670 bits per heavy atom. The highest BCUT2D eigenvalue weighted by molar-refractivity contribution is 7.90. The molecule has 21 nitrogen and oxygen atoms in total. The second-order valence-electron chi connectivity index (χ2n) is 28.9. The molecular formula is C74H94N4O17S2. The highest BCUT2D eigenvalue weighted by Crippen LogP contribution is 2.45. The van der Waals surface area contributed by atoms with Gasteiger partial charge in [0.1, 0.15) is 36.2 Å². The van der Waals surface area contributed by atoms with Gasteiger partial charge in [-0.2, -0.15) is 0 Å². The number of ether oxygens (including phenoxy) is 7. The van der Waals surface area contributed by atoms with Crippen LogP contribution < -0.4 is 28.4 Å². The summed E-state index contributed by atoms with van der Waals surface area (Å²) >= 11 is 0. The number of hydrogen-bond acceptors (Lipinski definition) is 17. The van der Waals surface area contributed by atoms with E-state index in [0.717, 1.165) is 115 Å². The number of unbranched alkanes of at least 4 members (excludes halogenated alkanes) is 2. The molecule has 6 aromatic carbocycles. The summed E-state index contributed by atoms with van der Waals surface area (Å²) in [7, 11) is -8.66. The van der Waals surface area contributed by atoms with Crippen molar-refractivity contribution in [2.45, 2.75) is 179 Å². The Labute approximate surface area is 571 Å². The summed E-state index contributed by atoms with van der Waals surface area (Å²) in [6.45, 7) is 29.0. The van der Waals surface area contributed by atoms with E-state index in [0.29, 0.717) is 101 Å². The number of carbonyl (C=O) groups excluding carboxylic acids is 2. The third-order valence-corrected chi connectivity index (χ3v) is 19.7. The van der Waals surface area contributed by atoms with Gasteiger partial charge in [-0.25, -0.2) is 26.3 Å². The van der Waals surface area contributed by atoms with Crippen molar-refractivity contribution in [1.29, 1.82) is 0 Å². The molecule has 97 heavy (non-hydrogen) atoms. The summed E-state index contributed by atoms with van der Waals surface area (Å²) in [5, 5.41) is 22.5. The van der Waals surface area contributed by atoms with E-state index in [1.807, 2.05) is 0 Å². The molecule has 524 valence electrons. The molecular weight excluding hydrogens is 1280 g/mol. The molecule has 8 rings (SSSR count). The predicted octanol–water partition coefficient (Wildman–Crippen LogP) is 13.3. The first-order valence-corrected chi connectivity index (χ1v) is 36.0. The lowest BCUT2D eigenvalue weighted by Crippen LogP contribution is -2.30. The minimum atomic E-state index is -4.33. The van der Waals surface area contributed by atoms with Gasteiger partial charge in [-0.3, -0.25) is 29.8 Å². The van der Waals surface area contributed by atoms with E-state index >= 15 is 0 Å². The number of nitro groups is 2. The first-order chi connectivity index (χ1) is 45.6. The van der Waals surface area contributed by atoms with Crippen LogP contribution in [0.25, 0.3) is 0 Å². The largest absolute Gasteiger partial charge is 0.493 e. The van der Waals surface area contributed by atoms with Gasteiger partial charge in [-0.05, 0) is 138 Å². The van der Waals surface area contributed by atoms with Crippen LogP contribution in [0.15, 0.2) is 107 Å². The maximum atomic E-state index is 13.3. The molecule has 0 unspecified atom stereocenters. The Hall–Kier alpha value is -7.96. The molecule has 2 aliphatic rings. The number of nitro benzene ring substituents is 2. The van der Waals surface area contributed by atoms with Crippen LogP contribution in [0.3, 0.4) is 0 Å². The second-order valence-corrected chi connectivity index (χ2v) is 32.3. The molecule has 0 fully saturated rings. The van der Waals surface area contributed by atoms with E-state index in [2.05, 4.69) is 141 Å². The number of benzene rings is 6. The van der Waals surface area contributed by atoms with Gasteiger partial charge in [0.2, 0.25) is 11.8 Å². The van der Waals surface area contributed by atoms with Gasteiger partial charge in [-0.1, -0.05) is 132 Å². The van der Waals surface area contributed by atoms with E-state index in [4.69, 9.17) is 33.2 Å². The van der Waals surface area contributed by atoms with Crippen molar-refractivity contribution in [3.05, 3.63) is 184 Å². The molecule has 23 heteroatoms. The molecule has 6 aromatic rings. The van der Waals surface area contributed by atoms with Crippen LogP contribution in [0.4, 0.5) is 11.4 Å². The Bertz CT molecular complexity index is 3790. The monoisotopic (exact) mass is 1370 g/mol. The zero-order chi connectivity index (χ0) is 70.7. The third-order valence-electron chi connectivity index (χ3n) is 17.0. The molecule has 10 bridgehead atoms. The van der Waals surface area contributed by atoms with Crippen molar-refractivity contribution in [2.24, 2.45) is 0 Å². The van der Waals surface area contributed by atoms with Crippen molar-refractivity contribution >= 4 is 43.2 Å². The topological polar surface area (TPSA) is 277 Å². The Morgan fingerprint density at radius 3 is 0.948 bits per heavy atom. The smallest absolute Gasteiger partial charge is 0.269 e. The number of hydrogen-bond donors (Lipinski definition) is 2. The number of nitrogens with one attached hydrogen (secondary N) is 2. The number of rotatable bonds is 18. The third kappa shape index (κ3) is 20.6. The average Bonchev–Trinajstić information content (AvgIpc) is 0.767. The van der Waals surface area contributed by atoms with Crippen LogP contribution in [-0.4, -0.2) is 105 Å². The van der Waals surface area contributed by atoms with Gasteiger partial charge in [0, 0.05) is 62.8 Å². The lowest BCUT2D eigenvalue weighted by Gasteiger charge is -2.29. The average molecular weight is 1380 g/mol. The molecule has 0 aromatic heterocycles. The molecule has 0 spiro atoms. The van der Waals surface area contributed by atoms with Crippen LogP contribution in [-0.2, 0) is 91.2 Å². The SMILES string of the molecule is CC(C)(C)c1cc2c(OCCCCC(=O)NS(=O)(=O)c3ccc([N+](=O)[O-])cc3)c(c1)Cc1cc(C(C)(C)C)cc3c1OCCOCCOCCOCCOc1c(cc(C(C)(C)C)cc1C3)Cc1cc(C(C)(C)C)cc(c1OCCCCC(=O)NS(=O)(=O)c1ccc([N+](=O)[O-])cc1)C2. The van der Waals surface area contributed by atoms with Crippen molar-refractivity contribution < 1.29 is 69.4 Å². The Morgan fingerprint density at radius 1 is 0.412 bits per heavy atom. The lowest BCUT2D eigenvalue weighted by atomic mass is 9.79. The van der Waals surface area contributed by atoms with Gasteiger partial charge in [0.05, 0.1) is 72.5 Å². The normalized spacial score (nSPS) is 14.7. The fraction of sp³-hybridized carbons (Fsp3) is 0.486. The zero-order valence-electron chi connectivity index (χ0n) is 58.0. The van der Waals surface area contributed by atoms with Crippen molar-refractivity contribution in [1.82, 2.24) is 9.44 Å². The predicted molar refractivity (Wildman–Crippen MR) is 371 cm³/mol. The standard InChI is InChI=1S/C74H94N4O17S2/c1-71(2,3)57-41-49-37-50-42-58(72(4,5)6)44-52(68(50)93-28-16-14-18-66(80)76-97(87,88)64-25-21-62(22-26-64)78(83)84)39-54-46-60(74(10,11)12)48-56-40-55-47-59(73(7,8)9)45-53(69(55)94-35-33-90-31-29-89-30-32-91-34-36-95-70(54)56)38-51(43-57)67(49)92-27-15-13-17-65(79)75-96(85,86)63-23-19-61(20-24-63)77(81)82/h19-26,41-48H,13-18,27-40H2,1-12H3,(H,75,79)(H,76,80). The molecule has 0 saturated carbocycles. The molecule has 0 saturated heterocycles. The van der Waals surface area contributed by atoms with Gasteiger partial charge >= 0.3 is 0 Å². The van der Waals surface area contributed by atoms with Crippen molar-refractivity contribution in [3.8, 4) is 23.0 Å². The van der Waals surface area contributed by atoms with Gasteiger partial charge in [0.15, 0.2) is 0 Å². The van der Waals surface area contributed by atoms with E-state index < -0.39 is 41.7 Å². The maximum absolute atomic E-state index is 13.3. The number of carbonyl (C=O) groups is 2. The summed E-state index contributed by atoms with van der Waals surface area (Å²) in [5.74, 6) is 1.16. The molecule has 0 radical (unpaired) electrons. The quantitative estimate of drug-likeness (QED) is 0.0459. The Balaban J connectivity index is 1.28. The van der Waals surface area contributed by atoms with E-state index in [1.165, 1.54) is 0 Å². The van der Waals surface area contributed by atoms with E-state index in [9.17, 15) is 46.7 Å². The first kappa shape index (κ1) is 74.8. The number of amides is 2. The van der Waals surface area contributed by atoms with E-state index in [-0.39, 0.29) is 94.9 Å². The number of sulfonamides is 2. The highest BCUT2D eigenvalue weighted by Gasteiger charge is 2.31. The van der Waals surface area contributed by atoms with Crippen LogP contribution in [0, 0.1) is 20.2 Å². The number of nitrogens with zero attached hydrogens (tertiary/aromatic N) is 2. The fourth-order valence-electron chi connectivity index (χ4n) is 11.4. The molecule has 1 aliphatic carbocycles. The highest BCUT2D eigenvalue weighted by atomic mass is 32.2. The Kier molecular flexibility index (Phi) is 24.5. The van der Waals surface area contributed by atoms with Crippen LogP contribution >= 0.6 is 0 Å². The molecule has 1 heterocycles. The van der Waals surface area contributed by atoms with Crippen LogP contribution in [0.2, 0.25) is 0 Å². The summed E-state index contributed by atoms with van der Waals surface area (Å²) in [5.41, 5.74) is 9.42. The van der Waals surface area contributed by atoms with Crippen LogP contribution in [0.5, 0.6) is 23.0 Å². The molecule has 2 N–H and O–H groups in total. The summed E-state index contributed by atoms with van der Waals surface area (Å²) < 4.78 is 104. The number of fused-ring (bicyclic) bond motifs is 4. The minimum Gasteiger partial charge on any atom is -0.493 e. The summed E-state index contributed by atoms with van der Waals surface area (Å²) in [6.07, 6.45) is 2.28. The van der Waals surface area contributed by atoms with Gasteiger partial charge < -0.3 is 33.2 Å². The summed E-state index contributed by atoms with van der Waals surface area (Å²) in [6, 6.07) is 26.3. The molecule has 0 atom stereocenters. The number of non-ortho nitro benzene ring substituents is 2. The zero-order valence-corrected chi connectivity index (χ0v) is 59.7. The molecule has 1 aliphatic heterocycles. The second kappa shape index (κ2) is 31.7.